The van der Waals surface area contributed by atoms with E-state index in [1.54, 1.807) is 19.2 Å². The molecule has 0 aliphatic rings. The zero-order chi connectivity index (χ0) is 24.9. The van der Waals surface area contributed by atoms with Crippen LogP contribution in [0.3, 0.4) is 0 Å². The fraction of sp³-hybridized carbons (Fsp3) is 0.0303. The van der Waals surface area contributed by atoms with Gasteiger partial charge >= 0.3 is 0 Å². The first kappa shape index (κ1) is 24.1. The minimum absolute atomic E-state index is 0. The summed E-state index contributed by atoms with van der Waals surface area (Å²) >= 11 is 0. The molecule has 0 fully saturated rings. The summed E-state index contributed by atoms with van der Waals surface area (Å²) in [5.41, 5.74) is 4.56. The minimum atomic E-state index is 0. The van der Waals surface area contributed by atoms with Crippen LogP contribution in [0, 0.1) is 0 Å². The van der Waals surface area contributed by atoms with Gasteiger partial charge in [-0.15, -0.1) is 7.05 Å². The van der Waals surface area contributed by atoms with Crippen molar-refractivity contribution < 1.29 is 30.6 Å². The topological polar surface area (TPSA) is 63.3 Å². The zero-order valence-corrected chi connectivity index (χ0v) is 23.5. The van der Waals surface area contributed by atoms with E-state index in [2.05, 4.69) is 83.1 Å². The van der Waals surface area contributed by atoms with Crippen molar-refractivity contribution in [2.75, 3.05) is 7.05 Å². The fourth-order valence-electron chi connectivity index (χ4n) is 5.38. The number of para-hydroxylation sites is 1. The van der Waals surface area contributed by atoms with Crippen LogP contribution in [0.1, 0.15) is 0 Å². The largest absolute Gasteiger partial charge is 0.683 e. The van der Waals surface area contributed by atoms with Gasteiger partial charge in [-0.3, -0.25) is 0 Å². The van der Waals surface area contributed by atoms with Crippen LogP contribution in [-0.4, -0.2) is 17.1 Å². The molecule has 2 heterocycles. The number of aromatic amines is 1. The molecule has 0 aliphatic carbocycles. The van der Waals surface area contributed by atoms with Gasteiger partial charge in [-0.1, -0.05) is 78.5 Å². The molecule has 0 amide bonds. The number of nitrogens with one attached hydrogen (secondary N) is 1. The second kappa shape index (κ2) is 9.55. The molecule has 0 saturated carbocycles. The van der Waals surface area contributed by atoms with E-state index >= 15 is 0 Å². The van der Waals surface area contributed by atoms with Crippen molar-refractivity contribution >= 4 is 71.0 Å². The molecule has 0 unspecified atom stereocenters. The first-order chi connectivity index (χ1) is 18.2. The Morgan fingerprint density at radius 2 is 1.29 bits per heavy atom. The molecular weight excluding hydrogens is 640 g/mol. The predicted molar refractivity (Wildman–Crippen MR) is 155 cm³/mol. The molecule has 0 spiro atoms. The van der Waals surface area contributed by atoms with Gasteiger partial charge in [0.05, 0.1) is 0 Å². The number of aromatic nitrogens is 1. The van der Waals surface area contributed by atoms with Crippen LogP contribution in [0.4, 0.5) is 5.69 Å². The molecule has 8 aromatic rings. The Kier molecular flexibility index (Phi) is 6.06. The average Bonchev–Trinajstić information content (AvgIpc) is 3.50. The number of H-pyrrole nitrogens is 1. The molecule has 4 nitrogen and oxygen atoms in total. The summed E-state index contributed by atoms with van der Waals surface area (Å²) in [5, 5.41) is 23.5. The normalized spacial score (nSPS) is 11.2. The van der Waals surface area contributed by atoms with E-state index in [9.17, 15) is 5.11 Å². The van der Waals surface area contributed by atoms with Gasteiger partial charge in [-0.25, -0.2) is 0 Å². The van der Waals surface area contributed by atoms with Crippen molar-refractivity contribution in [3.05, 3.63) is 115 Å². The third-order valence-electron chi connectivity index (χ3n) is 7.07. The molecule has 0 aliphatic heterocycles. The standard InChI is InChI=1S/C20H13N.C13H10NO2.W/c1-2-7-15-12-19-17(11-14(15)6-1)20-16-8-4-3-5-13(16)9-10-18(20)21-19;1-14-13-9(15)6-7-11-12(13)8-4-2-3-5-10(8)16-11;/h1-12,21H;2-7,15H,1H3;/q;-1;. The maximum atomic E-state index is 9.75. The molecule has 6 aromatic carbocycles. The molecule has 5 heteroatoms. The van der Waals surface area contributed by atoms with Crippen molar-refractivity contribution in [2.45, 2.75) is 0 Å². The Bertz CT molecular complexity index is 2110. The number of phenolic OH excluding ortho intramolecular Hbond substituents is 1. The minimum Gasteiger partial charge on any atom is -0.683 e. The number of hydrogen-bond donors (Lipinski definition) is 2. The Balaban J connectivity index is 0.000000141. The van der Waals surface area contributed by atoms with Gasteiger partial charge in [0.2, 0.25) is 0 Å². The number of rotatable bonds is 1. The number of benzene rings is 6. The van der Waals surface area contributed by atoms with Gasteiger partial charge in [-0.2, -0.15) is 0 Å². The van der Waals surface area contributed by atoms with E-state index in [4.69, 9.17) is 4.42 Å². The van der Waals surface area contributed by atoms with Gasteiger partial charge in [0.25, 0.3) is 0 Å². The molecule has 184 valence electrons. The van der Waals surface area contributed by atoms with E-state index in [-0.39, 0.29) is 26.8 Å². The van der Waals surface area contributed by atoms with Gasteiger partial charge in [-0.05, 0) is 57.9 Å². The van der Waals surface area contributed by atoms with Crippen molar-refractivity contribution in [3.8, 4) is 5.75 Å². The van der Waals surface area contributed by atoms with Gasteiger partial charge in [0.1, 0.15) is 16.9 Å². The van der Waals surface area contributed by atoms with E-state index in [0.717, 1.165) is 21.9 Å². The van der Waals surface area contributed by atoms with E-state index in [1.165, 1.54) is 43.4 Å². The summed E-state index contributed by atoms with van der Waals surface area (Å²) in [6, 6.07) is 37.2. The van der Waals surface area contributed by atoms with Crippen LogP contribution in [0.5, 0.6) is 5.75 Å². The molecule has 0 radical (unpaired) electrons. The monoisotopic (exact) mass is 663 g/mol. The number of phenols is 1. The van der Waals surface area contributed by atoms with E-state index in [0.29, 0.717) is 5.69 Å². The third-order valence-corrected chi connectivity index (χ3v) is 7.07. The summed E-state index contributed by atoms with van der Waals surface area (Å²) in [4.78, 5) is 3.56. The average molecular weight is 663 g/mol. The second-order valence-corrected chi connectivity index (χ2v) is 9.21. The molecular formula is C33H23N2O2W-. The SMILES string of the molecule is C[N-]c1c(O)ccc2oc3ccccc3c12.[W].c1ccc2cc3c(cc2c1)[nH]c1ccc2ccccc2c13. The Morgan fingerprint density at radius 3 is 2.08 bits per heavy atom. The van der Waals surface area contributed by atoms with Crippen molar-refractivity contribution in [2.24, 2.45) is 0 Å². The van der Waals surface area contributed by atoms with E-state index in [1.807, 2.05) is 24.3 Å². The predicted octanol–water partition coefficient (Wildman–Crippen LogP) is 9.55. The van der Waals surface area contributed by atoms with Gasteiger partial charge in [0.15, 0.2) is 0 Å². The second-order valence-electron chi connectivity index (χ2n) is 9.21. The Hall–Kier alpha value is -4.27. The molecule has 38 heavy (non-hydrogen) atoms. The number of furan rings is 1. The maximum Gasteiger partial charge on any atom is 0.135 e. The molecule has 2 N–H and O–H groups in total. The quantitative estimate of drug-likeness (QED) is 0.184. The number of hydrogen-bond acceptors (Lipinski definition) is 2. The Morgan fingerprint density at radius 1 is 0.605 bits per heavy atom. The summed E-state index contributed by atoms with van der Waals surface area (Å²) < 4.78 is 5.68. The van der Waals surface area contributed by atoms with Crippen LogP contribution < -0.4 is 0 Å². The van der Waals surface area contributed by atoms with Crippen molar-refractivity contribution in [1.82, 2.24) is 4.98 Å². The summed E-state index contributed by atoms with van der Waals surface area (Å²) in [7, 11) is 1.66. The molecule has 2 aromatic heterocycles. The van der Waals surface area contributed by atoms with Crippen molar-refractivity contribution in [1.29, 1.82) is 0 Å². The van der Waals surface area contributed by atoms with E-state index < -0.39 is 0 Å². The van der Waals surface area contributed by atoms with Gasteiger partial charge < -0.3 is 19.8 Å². The summed E-state index contributed by atoms with van der Waals surface area (Å²) in [5.74, 6) is 0.182. The summed E-state index contributed by atoms with van der Waals surface area (Å²) in [6.45, 7) is 0. The molecule has 8 rings (SSSR count). The number of aromatic hydroxyl groups is 1. The van der Waals surface area contributed by atoms with Crippen LogP contribution in [0.25, 0.3) is 70.6 Å². The number of nitrogens with zero attached hydrogens (tertiary/aromatic N) is 1. The zero-order valence-electron chi connectivity index (χ0n) is 20.6. The fourth-order valence-corrected chi connectivity index (χ4v) is 5.38. The third kappa shape index (κ3) is 3.81. The van der Waals surface area contributed by atoms with Crippen LogP contribution >= 0.6 is 0 Å². The smallest absolute Gasteiger partial charge is 0.135 e. The van der Waals surface area contributed by atoms with Crippen LogP contribution in [0.15, 0.2) is 114 Å². The Labute approximate surface area is 233 Å². The van der Waals surface area contributed by atoms with Crippen molar-refractivity contribution in [3.63, 3.8) is 0 Å². The molecule has 0 bridgehead atoms. The number of fused-ring (bicyclic) bond motifs is 9. The first-order valence-electron chi connectivity index (χ1n) is 12.3. The van der Waals surface area contributed by atoms with Crippen LogP contribution in [0.2, 0.25) is 0 Å². The molecule has 0 atom stereocenters. The molecule has 0 saturated heterocycles. The van der Waals surface area contributed by atoms with Gasteiger partial charge in [0, 0.05) is 53.6 Å². The first-order valence-corrected chi connectivity index (χ1v) is 12.3. The summed E-state index contributed by atoms with van der Waals surface area (Å²) in [6.07, 6.45) is 0. The van der Waals surface area contributed by atoms with Crippen LogP contribution in [-0.2, 0) is 21.1 Å². The maximum absolute atomic E-state index is 9.75.